The summed E-state index contributed by atoms with van der Waals surface area (Å²) < 4.78 is 26.0. The second kappa shape index (κ2) is 9.02. The summed E-state index contributed by atoms with van der Waals surface area (Å²) in [6.07, 6.45) is 1.44. The van der Waals surface area contributed by atoms with Gasteiger partial charge in [-0.2, -0.15) is 0 Å². The van der Waals surface area contributed by atoms with Crippen LogP contribution in [-0.4, -0.2) is 40.7 Å². The van der Waals surface area contributed by atoms with E-state index in [4.69, 9.17) is 9.26 Å². The molecule has 1 amide bonds. The number of likely N-dealkylation sites (tertiary alicyclic amines) is 1. The molecule has 0 radical (unpaired) electrons. The van der Waals surface area contributed by atoms with Crippen molar-refractivity contribution in [3.8, 4) is 16.9 Å². The van der Waals surface area contributed by atoms with Gasteiger partial charge < -0.3 is 18.7 Å². The molecule has 0 unspecified atom stereocenters. The minimum Gasteiger partial charge on any atom is -0.496 e. The molecule has 7 nitrogen and oxygen atoms in total. The van der Waals surface area contributed by atoms with Crippen LogP contribution >= 0.6 is 0 Å². The number of aromatic nitrogens is 2. The molecule has 1 saturated heterocycles. The predicted molar refractivity (Wildman–Crippen MR) is 130 cm³/mol. The largest absolute Gasteiger partial charge is 0.496 e. The van der Waals surface area contributed by atoms with Crippen LogP contribution in [-0.2, 0) is 13.0 Å². The summed E-state index contributed by atoms with van der Waals surface area (Å²) in [5, 5.41) is 4.80. The number of halogens is 1. The van der Waals surface area contributed by atoms with Gasteiger partial charge in [-0.1, -0.05) is 17.3 Å². The van der Waals surface area contributed by atoms with Crippen molar-refractivity contribution >= 4 is 16.8 Å². The Labute approximate surface area is 201 Å². The molecular formula is C27H26FN3O4. The first-order valence-corrected chi connectivity index (χ1v) is 11.6. The number of hydrogen-bond donors (Lipinski definition) is 0. The Morgan fingerprint density at radius 2 is 1.89 bits per heavy atom. The van der Waals surface area contributed by atoms with E-state index in [2.05, 4.69) is 5.16 Å². The number of benzene rings is 2. The minimum absolute atomic E-state index is 0.145. The number of methoxy groups -OCH3 is 1. The lowest BCUT2D eigenvalue weighted by atomic mass is 9.99. The molecule has 1 fully saturated rings. The van der Waals surface area contributed by atoms with Gasteiger partial charge in [-0.15, -0.1) is 0 Å². The van der Waals surface area contributed by atoms with Crippen molar-refractivity contribution in [2.45, 2.75) is 33.2 Å². The van der Waals surface area contributed by atoms with Crippen LogP contribution in [0.4, 0.5) is 4.39 Å². The van der Waals surface area contributed by atoms with Crippen molar-refractivity contribution in [2.75, 3.05) is 20.2 Å². The van der Waals surface area contributed by atoms with Gasteiger partial charge in [-0.05, 0) is 56.5 Å². The molecule has 0 spiro atoms. The average molecular weight is 476 g/mol. The van der Waals surface area contributed by atoms with Gasteiger partial charge in [-0.3, -0.25) is 9.59 Å². The smallest absolute Gasteiger partial charge is 0.263 e. The normalized spacial score (nSPS) is 13.2. The number of carbonyl (C=O) groups excluding carboxylic acids is 1. The molecule has 2 aromatic carbocycles. The van der Waals surface area contributed by atoms with Crippen LogP contribution < -0.4 is 10.3 Å². The number of ether oxygens (including phenoxy) is 1. The molecule has 1 aliphatic heterocycles. The highest BCUT2D eigenvalue weighted by atomic mass is 19.1. The lowest BCUT2D eigenvalue weighted by Gasteiger charge is -2.31. The molecule has 5 rings (SSSR count). The maximum atomic E-state index is 13.6. The van der Waals surface area contributed by atoms with E-state index in [0.29, 0.717) is 43.1 Å². The Bertz CT molecular complexity index is 1460. The molecule has 0 saturated carbocycles. The van der Waals surface area contributed by atoms with Crippen LogP contribution in [0.15, 0.2) is 51.8 Å². The van der Waals surface area contributed by atoms with E-state index >= 15 is 0 Å². The van der Waals surface area contributed by atoms with E-state index in [1.54, 1.807) is 34.8 Å². The number of rotatable bonds is 6. The van der Waals surface area contributed by atoms with E-state index in [0.717, 1.165) is 34.2 Å². The van der Waals surface area contributed by atoms with Crippen molar-refractivity contribution < 1.29 is 18.4 Å². The molecule has 3 heterocycles. The van der Waals surface area contributed by atoms with Crippen molar-refractivity contribution in [2.24, 2.45) is 0 Å². The molecule has 35 heavy (non-hydrogen) atoms. The summed E-state index contributed by atoms with van der Waals surface area (Å²) in [7, 11) is 1.57. The van der Waals surface area contributed by atoms with Crippen LogP contribution in [0.5, 0.6) is 5.75 Å². The summed E-state index contributed by atoms with van der Waals surface area (Å²) in [5.74, 6) is 0.661. The van der Waals surface area contributed by atoms with Crippen molar-refractivity contribution in [1.82, 2.24) is 14.6 Å². The van der Waals surface area contributed by atoms with Gasteiger partial charge in [-0.25, -0.2) is 4.39 Å². The number of aryl methyl sites for hydroxylation is 4. The Balaban J connectivity index is 1.69. The standard InChI is InChI=1S/C27H26FN3O4/c1-16-25(17(2)35-29-16)21-13-19-14-22(26(32)30-10-4-11-30)27(33)31(23(19)15-24(21)34-3)12-9-18-5-7-20(28)8-6-18/h5-8,13-15H,4,9-12H2,1-3H3. The fraction of sp³-hybridized carbons (Fsp3) is 0.296. The zero-order valence-electron chi connectivity index (χ0n) is 19.9. The third kappa shape index (κ3) is 4.09. The maximum absolute atomic E-state index is 13.6. The molecule has 2 aromatic heterocycles. The van der Waals surface area contributed by atoms with Gasteiger partial charge in [0.25, 0.3) is 11.5 Å². The highest BCUT2D eigenvalue weighted by Crippen LogP contribution is 2.37. The fourth-order valence-electron chi connectivity index (χ4n) is 4.60. The number of carbonyl (C=O) groups is 1. The van der Waals surface area contributed by atoms with Crippen LogP contribution in [0, 0.1) is 19.7 Å². The number of nitrogens with zero attached hydrogens (tertiary/aromatic N) is 3. The van der Waals surface area contributed by atoms with Gasteiger partial charge in [0, 0.05) is 36.7 Å². The Hall–Kier alpha value is -3.94. The molecule has 0 atom stereocenters. The molecule has 4 aromatic rings. The average Bonchev–Trinajstić information content (AvgIpc) is 3.15. The molecular weight excluding hydrogens is 449 g/mol. The Morgan fingerprint density at radius 3 is 2.49 bits per heavy atom. The van der Waals surface area contributed by atoms with Gasteiger partial charge in [0.1, 0.15) is 22.9 Å². The maximum Gasteiger partial charge on any atom is 0.263 e. The highest BCUT2D eigenvalue weighted by Gasteiger charge is 2.26. The van der Waals surface area contributed by atoms with Crippen molar-refractivity contribution in [1.29, 1.82) is 0 Å². The summed E-state index contributed by atoms with van der Waals surface area (Å²) in [5.41, 5.74) is 3.68. The monoisotopic (exact) mass is 475 g/mol. The molecule has 180 valence electrons. The van der Waals surface area contributed by atoms with E-state index < -0.39 is 0 Å². The molecule has 8 heteroatoms. The summed E-state index contributed by atoms with van der Waals surface area (Å²) in [6, 6.07) is 11.6. The third-order valence-electron chi connectivity index (χ3n) is 6.63. The van der Waals surface area contributed by atoms with Gasteiger partial charge in [0.2, 0.25) is 0 Å². The number of hydrogen-bond acceptors (Lipinski definition) is 5. The molecule has 0 bridgehead atoms. The minimum atomic E-state index is -0.344. The number of pyridine rings is 1. The van der Waals surface area contributed by atoms with Crippen LogP contribution in [0.3, 0.4) is 0 Å². The SMILES string of the molecule is COc1cc2c(cc1-c1c(C)noc1C)cc(C(=O)N1CCC1)c(=O)n2CCc1ccc(F)cc1. The van der Waals surface area contributed by atoms with Gasteiger partial charge in [0.05, 0.1) is 23.9 Å². The Morgan fingerprint density at radius 1 is 1.14 bits per heavy atom. The zero-order valence-corrected chi connectivity index (χ0v) is 19.9. The van der Waals surface area contributed by atoms with E-state index in [1.165, 1.54) is 12.1 Å². The predicted octanol–water partition coefficient (Wildman–Crippen LogP) is 4.51. The van der Waals surface area contributed by atoms with E-state index in [-0.39, 0.29) is 22.8 Å². The third-order valence-corrected chi connectivity index (χ3v) is 6.63. The first-order chi connectivity index (χ1) is 16.9. The second-order valence-corrected chi connectivity index (χ2v) is 8.85. The Kier molecular flexibility index (Phi) is 5.88. The molecule has 1 aliphatic rings. The number of fused-ring (bicyclic) bond motifs is 1. The first-order valence-electron chi connectivity index (χ1n) is 11.6. The quantitative estimate of drug-likeness (QED) is 0.410. The van der Waals surface area contributed by atoms with Gasteiger partial charge >= 0.3 is 0 Å². The lowest BCUT2D eigenvalue weighted by molar-refractivity contribution is 0.0649. The van der Waals surface area contributed by atoms with Crippen molar-refractivity contribution in [3.63, 3.8) is 0 Å². The molecule has 0 aliphatic carbocycles. The topological polar surface area (TPSA) is 77.6 Å². The summed E-state index contributed by atoms with van der Waals surface area (Å²) in [4.78, 5) is 28.4. The fourth-order valence-corrected chi connectivity index (χ4v) is 4.60. The first kappa shape index (κ1) is 22.8. The highest BCUT2D eigenvalue weighted by molar-refractivity contribution is 5.99. The summed E-state index contributed by atoms with van der Waals surface area (Å²) in [6.45, 7) is 5.33. The second-order valence-electron chi connectivity index (χ2n) is 8.85. The van der Waals surface area contributed by atoms with Crippen molar-refractivity contribution in [3.05, 3.63) is 81.2 Å². The van der Waals surface area contributed by atoms with Gasteiger partial charge in [0.15, 0.2) is 0 Å². The van der Waals surface area contributed by atoms with E-state index in [9.17, 15) is 14.0 Å². The summed E-state index contributed by atoms with van der Waals surface area (Å²) >= 11 is 0. The lowest BCUT2D eigenvalue weighted by Crippen LogP contribution is -2.44. The van der Waals surface area contributed by atoms with E-state index in [1.807, 2.05) is 26.0 Å². The zero-order chi connectivity index (χ0) is 24.7. The van der Waals surface area contributed by atoms with Crippen LogP contribution in [0.2, 0.25) is 0 Å². The molecule has 0 N–H and O–H groups in total. The van der Waals surface area contributed by atoms with Crippen LogP contribution in [0.25, 0.3) is 22.0 Å². The van der Waals surface area contributed by atoms with Crippen LogP contribution in [0.1, 0.15) is 33.8 Å². The number of amides is 1.